The molecule has 0 saturated carbocycles. The minimum atomic E-state index is -0.0431. The van der Waals surface area contributed by atoms with E-state index in [0.717, 1.165) is 43.9 Å². The second-order valence-electron chi connectivity index (χ2n) is 7.41. The van der Waals surface area contributed by atoms with E-state index in [-0.39, 0.29) is 18.0 Å². The van der Waals surface area contributed by atoms with Gasteiger partial charge in [-0.1, -0.05) is 11.6 Å². The number of ether oxygens (including phenoxy) is 2. The van der Waals surface area contributed by atoms with Crippen LogP contribution in [0.15, 0.2) is 36.4 Å². The minimum absolute atomic E-state index is 0.0431. The number of piperidine rings is 1. The number of fused-ring (bicyclic) bond motifs is 3. The minimum Gasteiger partial charge on any atom is -0.493 e. The molecule has 1 fully saturated rings. The van der Waals surface area contributed by atoms with Crippen LogP contribution in [0.3, 0.4) is 0 Å². The second-order valence-corrected chi connectivity index (χ2v) is 7.85. The van der Waals surface area contributed by atoms with Crippen molar-refractivity contribution in [2.75, 3.05) is 27.3 Å². The van der Waals surface area contributed by atoms with Crippen LogP contribution < -0.4 is 14.8 Å². The summed E-state index contributed by atoms with van der Waals surface area (Å²) in [4.78, 5) is 15.1. The fourth-order valence-corrected chi connectivity index (χ4v) is 4.46. The van der Waals surface area contributed by atoms with Crippen molar-refractivity contribution in [2.45, 2.75) is 31.3 Å². The van der Waals surface area contributed by atoms with E-state index in [1.54, 1.807) is 38.5 Å². The van der Waals surface area contributed by atoms with Crippen LogP contribution >= 0.6 is 11.6 Å². The third kappa shape index (κ3) is 3.69. The first kappa shape index (κ1) is 19.1. The van der Waals surface area contributed by atoms with E-state index in [1.165, 1.54) is 11.1 Å². The molecule has 5 nitrogen and oxygen atoms in total. The van der Waals surface area contributed by atoms with Crippen molar-refractivity contribution >= 4 is 17.5 Å². The lowest BCUT2D eigenvalue weighted by atomic mass is 9.84. The van der Waals surface area contributed by atoms with Gasteiger partial charge in [-0.15, -0.1) is 0 Å². The maximum Gasteiger partial charge on any atom is 0.251 e. The number of hydrogen-bond acceptors (Lipinski definition) is 4. The molecule has 2 unspecified atom stereocenters. The Morgan fingerprint density at radius 1 is 1.11 bits per heavy atom. The van der Waals surface area contributed by atoms with Gasteiger partial charge >= 0.3 is 0 Å². The topological polar surface area (TPSA) is 50.8 Å². The molecule has 0 aliphatic carbocycles. The Labute approximate surface area is 170 Å². The van der Waals surface area contributed by atoms with Crippen molar-refractivity contribution in [2.24, 2.45) is 0 Å². The summed E-state index contributed by atoms with van der Waals surface area (Å²) in [6, 6.07) is 11.7. The van der Waals surface area contributed by atoms with Crippen molar-refractivity contribution in [3.63, 3.8) is 0 Å². The van der Waals surface area contributed by atoms with Crippen molar-refractivity contribution in [3.8, 4) is 11.5 Å². The molecule has 2 aliphatic rings. The number of hydrogen-bond donors (Lipinski definition) is 1. The molecule has 1 saturated heterocycles. The molecule has 2 aromatic carbocycles. The van der Waals surface area contributed by atoms with Crippen LogP contribution in [0.5, 0.6) is 11.5 Å². The van der Waals surface area contributed by atoms with Crippen LogP contribution in [0.2, 0.25) is 5.02 Å². The second kappa shape index (κ2) is 8.02. The molecule has 0 bridgehead atoms. The Hall–Kier alpha value is -2.24. The zero-order chi connectivity index (χ0) is 19.7. The predicted molar refractivity (Wildman–Crippen MR) is 110 cm³/mol. The van der Waals surface area contributed by atoms with Gasteiger partial charge < -0.3 is 14.8 Å². The van der Waals surface area contributed by atoms with Gasteiger partial charge in [0.2, 0.25) is 0 Å². The van der Waals surface area contributed by atoms with Crippen LogP contribution in [0.25, 0.3) is 0 Å². The first-order valence-corrected chi connectivity index (χ1v) is 10.0. The van der Waals surface area contributed by atoms with Crippen LogP contribution in [0.1, 0.15) is 40.4 Å². The summed E-state index contributed by atoms with van der Waals surface area (Å²) >= 11 is 5.92. The van der Waals surface area contributed by atoms with Crippen LogP contribution in [-0.4, -0.2) is 44.2 Å². The van der Waals surface area contributed by atoms with Gasteiger partial charge in [-0.25, -0.2) is 0 Å². The zero-order valence-corrected chi connectivity index (χ0v) is 17.0. The molecule has 1 amide bonds. The fourth-order valence-electron chi connectivity index (χ4n) is 4.33. The van der Waals surface area contributed by atoms with Crippen molar-refractivity contribution in [1.29, 1.82) is 0 Å². The first-order valence-electron chi connectivity index (χ1n) is 9.64. The molecule has 148 valence electrons. The molecule has 4 rings (SSSR count). The number of nitrogens with one attached hydrogen (secondary N) is 1. The molecular weight excluding hydrogens is 376 g/mol. The van der Waals surface area contributed by atoms with Gasteiger partial charge in [0.15, 0.2) is 11.5 Å². The van der Waals surface area contributed by atoms with Crippen molar-refractivity contribution in [1.82, 2.24) is 10.2 Å². The Morgan fingerprint density at radius 3 is 2.54 bits per heavy atom. The molecule has 1 N–H and O–H groups in total. The predicted octanol–water partition coefficient (Wildman–Crippen LogP) is 3.85. The quantitative estimate of drug-likeness (QED) is 0.846. The maximum atomic E-state index is 12.6. The van der Waals surface area contributed by atoms with E-state index in [9.17, 15) is 4.79 Å². The zero-order valence-electron chi connectivity index (χ0n) is 16.2. The van der Waals surface area contributed by atoms with Gasteiger partial charge in [0.05, 0.1) is 14.2 Å². The lowest BCUT2D eigenvalue weighted by Gasteiger charge is -2.43. The largest absolute Gasteiger partial charge is 0.493 e. The van der Waals surface area contributed by atoms with E-state index < -0.39 is 0 Å². The Morgan fingerprint density at radius 2 is 1.82 bits per heavy atom. The highest BCUT2D eigenvalue weighted by molar-refractivity contribution is 6.30. The van der Waals surface area contributed by atoms with Gasteiger partial charge in [-0.2, -0.15) is 0 Å². The summed E-state index contributed by atoms with van der Waals surface area (Å²) in [6.45, 7) is 2.01. The number of amides is 1. The molecule has 2 aromatic rings. The van der Waals surface area contributed by atoms with Gasteiger partial charge in [0, 0.05) is 35.8 Å². The third-order valence-corrected chi connectivity index (χ3v) is 6.08. The summed E-state index contributed by atoms with van der Waals surface area (Å²) in [6.07, 6.45) is 2.86. The van der Waals surface area contributed by atoms with Crippen molar-refractivity contribution in [3.05, 3.63) is 58.1 Å². The SMILES string of the molecule is COc1cc2c(cc1OC)C1CC(NC(=O)c3ccc(Cl)cc3)CCN1CC2. The molecule has 28 heavy (non-hydrogen) atoms. The van der Waals surface area contributed by atoms with Gasteiger partial charge in [0.1, 0.15) is 0 Å². The highest BCUT2D eigenvalue weighted by atomic mass is 35.5. The number of benzene rings is 2. The molecule has 2 heterocycles. The van der Waals surface area contributed by atoms with E-state index in [4.69, 9.17) is 21.1 Å². The van der Waals surface area contributed by atoms with E-state index >= 15 is 0 Å². The number of carbonyl (C=O) groups excluding carboxylic acids is 1. The monoisotopic (exact) mass is 400 g/mol. The fraction of sp³-hybridized carbons (Fsp3) is 0.409. The highest BCUT2D eigenvalue weighted by Crippen LogP contribution is 2.41. The first-order chi connectivity index (χ1) is 13.6. The number of rotatable bonds is 4. The lowest BCUT2D eigenvalue weighted by molar-refractivity contribution is 0.0843. The number of carbonyl (C=O) groups is 1. The summed E-state index contributed by atoms with van der Waals surface area (Å²) in [5.74, 6) is 1.49. The molecule has 0 aromatic heterocycles. The molecule has 0 radical (unpaired) electrons. The summed E-state index contributed by atoms with van der Waals surface area (Å²) < 4.78 is 11.0. The average Bonchev–Trinajstić information content (AvgIpc) is 2.73. The highest BCUT2D eigenvalue weighted by Gasteiger charge is 2.35. The van der Waals surface area contributed by atoms with Crippen LogP contribution in [0, 0.1) is 0 Å². The number of nitrogens with zero attached hydrogens (tertiary/aromatic N) is 1. The molecule has 0 spiro atoms. The van der Waals surface area contributed by atoms with E-state index in [2.05, 4.69) is 22.3 Å². The van der Waals surface area contributed by atoms with Gasteiger partial charge in [0.25, 0.3) is 5.91 Å². The van der Waals surface area contributed by atoms with E-state index in [1.807, 2.05) is 0 Å². The average molecular weight is 401 g/mol. The van der Waals surface area contributed by atoms with E-state index in [0.29, 0.717) is 10.6 Å². The maximum absolute atomic E-state index is 12.6. The third-order valence-electron chi connectivity index (χ3n) is 5.83. The van der Waals surface area contributed by atoms with Crippen LogP contribution in [-0.2, 0) is 6.42 Å². The summed E-state index contributed by atoms with van der Waals surface area (Å²) in [5, 5.41) is 3.84. The smallest absolute Gasteiger partial charge is 0.251 e. The standard InChI is InChI=1S/C22H25ClN2O3/c1-27-20-11-15-7-9-25-10-8-17(12-19(25)18(15)13-21(20)28-2)24-22(26)14-3-5-16(23)6-4-14/h3-6,11,13,17,19H,7-10,12H2,1-2H3,(H,24,26). The summed E-state index contributed by atoms with van der Waals surface area (Å²) in [7, 11) is 3.34. The van der Waals surface area contributed by atoms with Gasteiger partial charge in [-0.3, -0.25) is 9.69 Å². The van der Waals surface area contributed by atoms with Crippen molar-refractivity contribution < 1.29 is 14.3 Å². The number of methoxy groups -OCH3 is 2. The Bertz CT molecular complexity index is 869. The number of halogens is 1. The van der Waals surface area contributed by atoms with Crippen LogP contribution in [0.4, 0.5) is 0 Å². The Balaban J connectivity index is 1.52. The molecular formula is C22H25ClN2O3. The van der Waals surface area contributed by atoms with Gasteiger partial charge in [-0.05, 0) is 66.8 Å². The summed E-state index contributed by atoms with van der Waals surface area (Å²) in [5.41, 5.74) is 3.24. The molecule has 2 aliphatic heterocycles. The normalized spacial score (nSPS) is 21.4. The molecule has 6 heteroatoms. The Kier molecular flexibility index (Phi) is 5.47. The molecule has 2 atom stereocenters. The lowest BCUT2D eigenvalue weighted by Crippen LogP contribution is -2.48.